The summed E-state index contributed by atoms with van der Waals surface area (Å²) < 4.78 is 2.01. The number of amides is 1. The van der Waals surface area contributed by atoms with Crippen LogP contribution in [0.5, 0.6) is 0 Å². The molecule has 0 aliphatic heterocycles. The van der Waals surface area contributed by atoms with Gasteiger partial charge in [0.25, 0.3) is 0 Å². The van der Waals surface area contributed by atoms with Crippen LogP contribution in [0, 0.1) is 19.8 Å². The normalized spacial score (nSPS) is 19.9. The summed E-state index contributed by atoms with van der Waals surface area (Å²) in [5.41, 5.74) is 3.51. The lowest BCUT2D eigenvalue weighted by molar-refractivity contribution is -0.122. The average Bonchev–Trinajstić information content (AvgIpc) is 3.25. The van der Waals surface area contributed by atoms with Gasteiger partial charge >= 0.3 is 0 Å². The molecule has 3 rings (SSSR count). The lowest BCUT2D eigenvalue weighted by Crippen LogP contribution is -2.27. The van der Waals surface area contributed by atoms with Crippen LogP contribution in [0.1, 0.15) is 35.7 Å². The van der Waals surface area contributed by atoms with E-state index in [9.17, 15) is 4.79 Å². The smallest absolute Gasteiger partial charge is 0.223 e. The molecule has 0 bridgehead atoms. The summed E-state index contributed by atoms with van der Waals surface area (Å²) in [4.78, 5) is 12.1. The molecule has 4 nitrogen and oxygen atoms in total. The Balaban J connectivity index is 1.40. The summed E-state index contributed by atoms with van der Waals surface area (Å²) in [6, 6.07) is 12.4. The Morgan fingerprint density at radius 3 is 2.77 bits per heavy atom. The fourth-order valence-electron chi connectivity index (χ4n) is 3.03. The molecule has 0 radical (unpaired) electrons. The van der Waals surface area contributed by atoms with E-state index in [0.29, 0.717) is 5.92 Å². The molecule has 0 spiro atoms. The number of rotatable bonds is 6. The fourth-order valence-corrected chi connectivity index (χ4v) is 3.03. The van der Waals surface area contributed by atoms with E-state index in [1.807, 2.05) is 29.8 Å². The summed E-state index contributed by atoms with van der Waals surface area (Å²) in [6.45, 7) is 5.64. The van der Waals surface area contributed by atoms with Gasteiger partial charge in [0.1, 0.15) is 0 Å². The van der Waals surface area contributed by atoms with E-state index < -0.39 is 0 Å². The zero-order valence-electron chi connectivity index (χ0n) is 13.2. The molecule has 1 saturated carbocycles. The quantitative estimate of drug-likeness (QED) is 0.833. The second-order valence-electron chi connectivity index (χ2n) is 6.15. The first-order valence-corrected chi connectivity index (χ1v) is 7.99. The van der Waals surface area contributed by atoms with Gasteiger partial charge in [-0.1, -0.05) is 30.3 Å². The molecule has 22 heavy (non-hydrogen) atoms. The van der Waals surface area contributed by atoms with E-state index >= 15 is 0 Å². The topological polar surface area (TPSA) is 46.9 Å². The van der Waals surface area contributed by atoms with Gasteiger partial charge in [0.05, 0.1) is 5.69 Å². The van der Waals surface area contributed by atoms with Gasteiger partial charge in [-0.2, -0.15) is 5.10 Å². The summed E-state index contributed by atoms with van der Waals surface area (Å²) in [7, 11) is 0. The summed E-state index contributed by atoms with van der Waals surface area (Å²) >= 11 is 0. The molecule has 0 saturated heterocycles. The van der Waals surface area contributed by atoms with Crippen LogP contribution in [0.4, 0.5) is 0 Å². The number of hydrogen-bond donors (Lipinski definition) is 1. The van der Waals surface area contributed by atoms with Crippen molar-refractivity contribution in [3.05, 3.63) is 53.3 Å². The summed E-state index contributed by atoms with van der Waals surface area (Å²) in [5.74, 6) is 0.774. The standard InChI is InChI=1S/C18H23N3O/c1-13-11-14(2)21(20-13)10-6-9-19-18(22)17-12-16(17)15-7-4-3-5-8-15/h3-5,7-8,11,16-17H,6,9-10,12H2,1-2H3,(H,19,22)/t16-,17-/m0/s1. The molecule has 116 valence electrons. The second kappa shape index (κ2) is 6.34. The molecule has 1 N–H and O–H groups in total. The third-order valence-electron chi connectivity index (χ3n) is 4.30. The Labute approximate surface area is 131 Å². The molecule has 1 fully saturated rings. The minimum atomic E-state index is 0.163. The van der Waals surface area contributed by atoms with Crippen LogP contribution in [0.3, 0.4) is 0 Å². The highest BCUT2D eigenvalue weighted by molar-refractivity contribution is 5.82. The van der Waals surface area contributed by atoms with Gasteiger partial charge in [-0.05, 0) is 44.2 Å². The van der Waals surface area contributed by atoms with Gasteiger partial charge in [-0.25, -0.2) is 0 Å². The first-order chi connectivity index (χ1) is 10.6. The van der Waals surface area contributed by atoms with Crippen LogP contribution in [-0.2, 0) is 11.3 Å². The van der Waals surface area contributed by atoms with Crippen molar-refractivity contribution in [1.29, 1.82) is 0 Å². The molecule has 2 aromatic rings. The van der Waals surface area contributed by atoms with Crippen LogP contribution in [0.25, 0.3) is 0 Å². The summed E-state index contributed by atoms with van der Waals surface area (Å²) in [5, 5.41) is 7.49. The van der Waals surface area contributed by atoms with Crippen LogP contribution in [0.2, 0.25) is 0 Å². The average molecular weight is 297 g/mol. The maximum absolute atomic E-state index is 12.1. The molecule has 1 heterocycles. The van der Waals surface area contributed by atoms with Gasteiger partial charge < -0.3 is 5.32 Å². The Hall–Kier alpha value is -2.10. The number of aryl methyl sites for hydroxylation is 3. The number of nitrogens with zero attached hydrogens (tertiary/aromatic N) is 2. The van der Waals surface area contributed by atoms with Gasteiger partial charge in [0, 0.05) is 24.7 Å². The third-order valence-corrected chi connectivity index (χ3v) is 4.30. The minimum absolute atomic E-state index is 0.163. The number of carbonyl (C=O) groups excluding carboxylic acids is 1. The Bertz CT molecular complexity index is 648. The highest BCUT2D eigenvalue weighted by atomic mass is 16.2. The van der Waals surface area contributed by atoms with Crippen LogP contribution >= 0.6 is 0 Å². The van der Waals surface area contributed by atoms with E-state index in [1.54, 1.807) is 0 Å². The minimum Gasteiger partial charge on any atom is -0.356 e. The van der Waals surface area contributed by atoms with E-state index in [4.69, 9.17) is 0 Å². The molecule has 1 aromatic carbocycles. The molecular formula is C18H23N3O. The predicted octanol–water partition coefficient (Wildman–Crippen LogP) is 2.81. The zero-order valence-corrected chi connectivity index (χ0v) is 13.2. The lowest BCUT2D eigenvalue weighted by Gasteiger charge is -2.07. The van der Waals surface area contributed by atoms with Crippen molar-refractivity contribution >= 4 is 5.91 Å². The second-order valence-corrected chi connectivity index (χ2v) is 6.15. The molecule has 0 unspecified atom stereocenters. The zero-order chi connectivity index (χ0) is 15.5. The molecule has 1 aromatic heterocycles. The molecule has 1 aliphatic rings. The third kappa shape index (κ3) is 3.38. The highest BCUT2D eigenvalue weighted by Gasteiger charge is 2.43. The maximum Gasteiger partial charge on any atom is 0.223 e. The van der Waals surface area contributed by atoms with E-state index in [0.717, 1.165) is 31.6 Å². The maximum atomic E-state index is 12.1. The fraction of sp³-hybridized carbons (Fsp3) is 0.444. The summed E-state index contributed by atoms with van der Waals surface area (Å²) in [6.07, 6.45) is 1.89. The van der Waals surface area contributed by atoms with Crippen molar-refractivity contribution in [2.75, 3.05) is 6.54 Å². The first kappa shape index (κ1) is 14.8. The largest absolute Gasteiger partial charge is 0.356 e. The van der Waals surface area contributed by atoms with Crippen molar-refractivity contribution in [3.63, 3.8) is 0 Å². The predicted molar refractivity (Wildman–Crippen MR) is 86.6 cm³/mol. The number of hydrogen-bond acceptors (Lipinski definition) is 2. The number of aromatic nitrogens is 2. The SMILES string of the molecule is Cc1cc(C)n(CCCNC(=O)[C@H]2C[C@H]2c2ccccc2)n1. The van der Waals surface area contributed by atoms with Gasteiger partial charge in [-0.3, -0.25) is 9.48 Å². The highest BCUT2D eigenvalue weighted by Crippen LogP contribution is 2.47. The number of benzene rings is 1. The van der Waals surface area contributed by atoms with Crippen LogP contribution in [-0.4, -0.2) is 22.2 Å². The molecular weight excluding hydrogens is 274 g/mol. The van der Waals surface area contributed by atoms with Gasteiger partial charge in [0.15, 0.2) is 0 Å². The Kier molecular flexibility index (Phi) is 4.27. The van der Waals surface area contributed by atoms with Crippen molar-refractivity contribution in [2.24, 2.45) is 5.92 Å². The first-order valence-electron chi connectivity index (χ1n) is 7.99. The molecule has 4 heteroatoms. The Morgan fingerprint density at radius 2 is 2.09 bits per heavy atom. The Morgan fingerprint density at radius 1 is 1.32 bits per heavy atom. The van der Waals surface area contributed by atoms with E-state index in [2.05, 4.69) is 35.5 Å². The lowest BCUT2D eigenvalue weighted by atomic mass is 10.1. The number of nitrogens with one attached hydrogen (secondary N) is 1. The van der Waals surface area contributed by atoms with Crippen molar-refractivity contribution in [1.82, 2.24) is 15.1 Å². The number of carbonyl (C=O) groups is 1. The van der Waals surface area contributed by atoms with Crippen molar-refractivity contribution in [3.8, 4) is 0 Å². The van der Waals surface area contributed by atoms with E-state index in [1.165, 1.54) is 11.3 Å². The monoisotopic (exact) mass is 297 g/mol. The van der Waals surface area contributed by atoms with Gasteiger partial charge in [0.2, 0.25) is 5.91 Å². The van der Waals surface area contributed by atoms with Crippen molar-refractivity contribution < 1.29 is 4.79 Å². The molecule has 1 amide bonds. The van der Waals surface area contributed by atoms with E-state index in [-0.39, 0.29) is 11.8 Å². The van der Waals surface area contributed by atoms with Crippen molar-refractivity contribution in [2.45, 2.75) is 39.2 Å². The van der Waals surface area contributed by atoms with Crippen LogP contribution in [0.15, 0.2) is 36.4 Å². The molecule has 2 atom stereocenters. The molecule has 1 aliphatic carbocycles. The van der Waals surface area contributed by atoms with Crippen LogP contribution < -0.4 is 5.32 Å². The van der Waals surface area contributed by atoms with Gasteiger partial charge in [-0.15, -0.1) is 0 Å².